The molecule has 8 aromatic carbocycles. The molecule has 0 fully saturated rings. The summed E-state index contributed by atoms with van der Waals surface area (Å²) in [4.78, 5) is 0. The van der Waals surface area contributed by atoms with Gasteiger partial charge in [0.2, 0.25) is 0 Å². The van der Waals surface area contributed by atoms with E-state index in [1.807, 2.05) is 127 Å². The molecule has 0 saturated heterocycles. The Bertz CT molecular complexity index is 3050. The van der Waals surface area contributed by atoms with Crippen molar-refractivity contribution in [3.8, 4) is 66.8 Å². The maximum atomic E-state index is 9.52. The molecule has 0 saturated carbocycles. The van der Waals surface area contributed by atoms with E-state index in [2.05, 4.69) is 0 Å². The summed E-state index contributed by atoms with van der Waals surface area (Å²) in [6.07, 6.45) is 0. The summed E-state index contributed by atoms with van der Waals surface area (Å²) in [6, 6.07) is 35.8. The first kappa shape index (κ1) is 19.4. The van der Waals surface area contributed by atoms with Crippen molar-refractivity contribution >= 4 is 21.9 Å². The average molecular weight is 636 g/mol. The lowest BCUT2D eigenvalue weighted by Crippen LogP contribution is -1.88. The molecule has 0 unspecified atom stereocenters. The highest BCUT2D eigenvalue weighted by Crippen LogP contribution is 2.41. The molecule has 0 atom stereocenters. The van der Waals surface area contributed by atoms with Crippen LogP contribution >= 0.6 is 0 Å². The van der Waals surface area contributed by atoms with Crippen molar-refractivity contribution in [2.75, 3.05) is 0 Å². The number of hydrogen-bond acceptors (Lipinski definition) is 1. The molecular weight excluding hydrogens is 593 g/mol. The molecule has 1 aromatic heterocycles. The summed E-state index contributed by atoms with van der Waals surface area (Å²) < 4.78 is 103. The standard InChI is InChI=1S/C48H32O/c1-4-11-33(12-5-1)36-19-23-38(24-20-36)41-29-42(39-25-21-37(22-26-39)34-13-6-2-7-14-34)31-43(30-41)44-17-10-18-47-48(44)45-32-40(27-28-46(45)49-47)35-15-8-3-9-16-35/h1-32H/i3D,8D,9D,10D,15D,16D,17D,18D,27D,28D,32D. The fourth-order valence-electron chi connectivity index (χ4n) is 6.25. The molecule has 0 radical (unpaired) electrons. The first-order valence-electron chi connectivity index (χ1n) is 21.4. The van der Waals surface area contributed by atoms with Crippen LogP contribution in [0.5, 0.6) is 0 Å². The molecule has 0 aliphatic heterocycles. The van der Waals surface area contributed by atoms with Gasteiger partial charge >= 0.3 is 0 Å². The Balaban J connectivity index is 1.34. The van der Waals surface area contributed by atoms with E-state index in [-0.39, 0.29) is 39.1 Å². The first-order valence-corrected chi connectivity index (χ1v) is 15.9. The molecule has 1 heteroatoms. The normalized spacial score (nSPS) is 14.4. The smallest absolute Gasteiger partial charge is 0.136 e. The lowest BCUT2D eigenvalue weighted by molar-refractivity contribution is 0.669. The number of benzene rings is 8. The minimum absolute atomic E-state index is 0.0730. The number of hydrogen-bond donors (Lipinski definition) is 0. The highest BCUT2D eigenvalue weighted by molar-refractivity contribution is 6.13. The zero-order valence-electron chi connectivity index (χ0n) is 37.0. The summed E-state index contributed by atoms with van der Waals surface area (Å²) in [6.45, 7) is 0. The Morgan fingerprint density at radius 3 is 1.43 bits per heavy atom. The van der Waals surface area contributed by atoms with Crippen LogP contribution in [-0.4, -0.2) is 0 Å². The topological polar surface area (TPSA) is 13.1 Å². The van der Waals surface area contributed by atoms with E-state index in [0.29, 0.717) is 5.56 Å². The van der Waals surface area contributed by atoms with Crippen LogP contribution < -0.4 is 0 Å². The molecular formula is C48H32O. The average Bonchev–Trinajstić information content (AvgIpc) is 3.69. The largest absolute Gasteiger partial charge is 0.456 e. The molecule has 1 heterocycles. The fourth-order valence-corrected chi connectivity index (χ4v) is 6.25. The Kier molecular flexibility index (Phi) is 4.87. The van der Waals surface area contributed by atoms with Gasteiger partial charge in [-0.15, -0.1) is 0 Å². The van der Waals surface area contributed by atoms with Gasteiger partial charge in [0.25, 0.3) is 0 Å². The summed E-state index contributed by atoms with van der Waals surface area (Å²) >= 11 is 0. The predicted molar refractivity (Wildman–Crippen MR) is 206 cm³/mol. The highest BCUT2D eigenvalue weighted by atomic mass is 16.3. The Hall–Kier alpha value is -6.44. The highest BCUT2D eigenvalue weighted by Gasteiger charge is 2.16. The molecule has 230 valence electrons. The van der Waals surface area contributed by atoms with Crippen molar-refractivity contribution in [1.82, 2.24) is 0 Å². The molecule has 49 heavy (non-hydrogen) atoms. The summed E-state index contributed by atoms with van der Waals surface area (Å²) in [5, 5.41) is 0.00117. The van der Waals surface area contributed by atoms with Crippen LogP contribution in [0.1, 0.15) is 15.1 Å². The van der Waals surface area contributed by atoms with Crippen LogP contribution in [0.25, 0.3) is 88.7 Å². The van der Waals surface area contributed by atoms with Crippen molar-refractivity contribution in [1.29, 1.82) is 0 Å². The minimum Gasteiger partial charge on any atom is -0.456 e. The Labute approximate surface area is 301 Å². The number of rotatable bonds is 6. The Morgan fingerprint density at radius 1 is 0.347 bits per heavy atom. The van der Waals surface area contributed by atoms with Crippen LogP contribution in [0, 0.1) is 0 Å². The molecule has 0 bridgehead atoms. The van der Waals surface area contributed by atoms with Gasteiger partial charge in [-0.25, -0.2) is 0 Å². The van der Waals surface area contributed by atoms with Gasteiger partial charge < -0.3 is 4.42 Å². The van der Waals surface area contributed by atoms with Gasteiger partial charge in [-0.1, -0.05) is 158 Å². The van der Waals surface area contributed by atoms with Gasteiger partial charge in [0.1, 0.15) is 11.2 Å². The zero-order valence-corrected chi connectivity index (χ0v) is 26.0. The van der Waals surface area contributed by atoms with E-state index in [0.717, 1.165) is 44.5 Å². The Morgan fingerprint density at radius 2 is 0.857 bits per heavy atom. The first-order chi connectivity index (χ1) is 28.8. The molecule has 0 amide bonds. The molecule has 9 aromatic rings. The summed E-state index contributed by atoms with van der Waals surface area (Å²) in [5.41, 5.74) is 6.81. The zero-order chi connectivity index (χ0) is 42.1. The molecule has 0 spiro atoms. The van der Waals surface area contributed by atoms with Gasteiger partial charge in [-0.05, 0) is 103 Å². The second kappa shape index (κ2) is 12.3. The van der Waals surface area contributed by atoms with Crippen LogP contribution in [-0.2, 0) is 0 Å². The quantitative estimate of drug-likeness (QED) is 0.177. The lowest BCUT2D eigenvalue weighted by atomic mass is 9.90. The van der Waals surface area contributed by atoms with E-state index in [9.17, 15) is 2.74 Å². The minimum atomic E-state index is -0.659. The lowest BCUT2D eigenvalue weighted by Gasteiger charge is -2.13. The summed E-state index contributed by atoms with van der Waals surface area (Å²) in [7, 11) is 0. The third-order valence-electron chi connectivity index (χ3n) is 8.70. The number of furan rings is 1. The van der Waals surface area contributed by atoms with Gasteiger partial charge in [-0.2, -0.15) is 0 Å². The third-order valence-corrected chi connectivity index (χ3v) is 8.70. The van der Waals surface area contributed by atoms with Gasteiger partial charge in [-0.3, -0.25) is 0 Å². The molecule has 0 aliphatic carbocycles. The second-order valence-corrected chi connectivity index (χ2v) is 11.7. The van der Waals surface area contributed by atoms with Crippen LogP contribution in [0.4, 0.5) is 0 Å². The SMILES string of the molecule is [2H]c1c([2H])c([2H])c(-c2c([2H])c([2H])c3oc4c([2H])c([2H])c([2H])c(-c5cc(-c6ccc(-c7ccccc7)cc6)cc(-c6ccc(-c7ccccc7)cc6)c5)c4c3c2[2H])c([2H])c1[2H]. The third kappa shape index (κ3) is 5.52. The van der Waals surface area contributed by atoms with Gasteiger partial charge in [0, 0.05) is 10.8 Å². The van der Waals surface area contributed by atoms with Crippen molar-refractivity contribution < 1.29 is 19.5 Å². The number of fused-ring (bicyclic) bond motifs is 3. The van der Waals surface area contributed by atoms with Crippen molar-refractivity contribution in [3.05, 3.63) is 194 Å². The predicted octanol–water partition coefficient (Wildman–Crippen LogP) is 13.6. The van der Waals surface area contributed by atoms with E-state index >= 15 is 0 Å². The van der Waals surface area contributed by atoms with Crippen molar-refractivity contribution in [2.45, 2.75) is 0 Å². The van der Waals surface area contributed by atoms with Gasteiger partial charge in [0.05, 0.1) is 15.1 Å². The van der Waals surface area contributed by atoms with E-state index in [1.165, 1.54) is 0 Å². The maximum Gasteiger partial charge on any atom is 0.136 e. The molecule has 1 nitrogen and oxygen atoms in total. The van der Waals surface area contributed by atoms with Crippen molar-refractivity contribution in [3.63, 3.8) is 0 Å². The molecule has 0 aliphatic rings. The van der Waals surface area contributed by atoms with E-state index < -0.39 is 66.0 Å². The van der Waals surface area contributed by atoms with E-state index in [1.54, 1.807) is 0 Å². The van der Waals surface area contributed by atoms with Crippen LogP contribution in [0.2, 0.25) is 0 Å². The van der Waals surface area contributed by atoms with E-state index in [4.69, 9.17) is 16.8 Å². The maximum absolute atomic E-state index is 9.52. The second-order valence-electron chi connectivity index (χ2n) is 11.7. The van der Waals surface area contributed by atoms with Crippen LogP contribution in [0.3, 0.4) is 0 Å². The summed E-state index contributed by atoms with van der Waals surface area (Å²) in [5.74, 6) is 0. The molecule has 0 N–H and O–H groups in total. The monoisotopic (exact) mass is 635 g/mol. The fraction of sp³-hybridized carbons (Fsp3) is 0. The van der Waals surface area contributed by atoms with Gasteiger partial charge in [0.15, 0.2) is 0 Å². The molecule has 9 rings (SSSR count). The van der Waals surface area contributed by atoms with Crippen molar-refractivity contribution in [2.24, 2.45) is 0 Å². The van der Waals surface area contributed by atoms with Crippen LogP contribution in [0.15, 0.2) is 198 Å².